The summed E-state index contributed by atoms with van der Waals surface area (Å²) in [6.07, 6.45) is 0. The van der Waals surface area contributed by atoms with Crippen LogP contribution in [0.1, 0.15) is 40.1 Å². The van der Waals surface area contributed by atoms with Crippen molar-refractivity contribution in [1.29, 1.82) is 5.26 Å². The molecule has 1 atom stereocenters. The second-order valence-electron chi connectivity index (χ2n) is 3.57. The molecule has 0 aromatic heterocycles. The van der Waals surface area contributed by atoms with Crippen molar-refractivity contribution in [3.63, 3.8) is 0 Å². The van der Waals surface area contributed by atoms with E-state index in [1.54, 1.807) is 6.92 Å². The molecule has 0 radical (unpaired) electrons. The molecule has 0 saturated heterocycles. The Labute approximate surface area is 110 Å². The fraction of sp³-hybridized carbons (Fsp3) is 0.308. The molecule has 0 aliphatic heterocycles. The Hall–Kier alpha value is -1.86. The van der Waals surface area contributed by atoms with Crippen LogP contribution >= 0.6 is 11.6 Å². The highest BCUT2D eigenvalue weighted by molar-refractivity contribution is 6.34. The van der Waals surface area contributed by atoms with Gasteiger partial charge in [0.1, 0.15) is 0 Å². The molecule has 0 heterocycles. The summed E-state index contributed by atoms with van der Waals surface area (Å²) in [5.74, 6) is -1.00. The van der Waals surface area contributed by atoms with Gasteiger partial charge >= 0.3 is 5.97 Å². The van der Waals surface area contributed by atoms with Crippen LogP contribution in [0.3, 0.4) is 0 Å². The van der Waals surface area contributed by atoms with E-state index in [1.165, 1.54) is 25.1 Å². The lowest BCUT2D eigenvalue weighted by Crippen LogP contribution is -2.17. The van der Waals surface area contributed by atoms with Crippen molar-refractivity contribution in [2.75, 3.05) is 6.61 Å². The number of halogens is 1. The minimum Gasteiger partial charge on any atom is -0.462 e. The van der Waals surface area contributed by atoms with E-state index in [4.69, 9.17) is 21.6 Å². The highest BCUT2D eigenvalue weighted by atomic mass is 35.5. The standard InChI is InChI=1S/C13H12ClNO3/c1-3-18-13(17)11-6-9(7-15)4-5-10(11)12(16)8(2)14/h4-6,8H,3H2,1-2H3. The number of nitrogens with zero attached hydrogens (tertiary/aromatic N) is 1. The molecule has 5 heteroatoms. The minimum atomic E-state index is -0.744. The van der Waals surface area contributed by atoms with E-state index in [0.717, 1.165) is 0 Å². The van der Waals surface area contributed by atoms with Crippen molar-refractivity contribution in [3.8, 4) is 6.07 Å². The largest absolute Gasteiger partial charge is 0.462 e. The number of carbonyl (C=O) groups excluding carboxylic acids is 2. The number of alkyl halides is 1. The van der Waals surface area contributed by atoms with Crippen molar-refractivity contribution in [2.24, 2.45) is 0 Å². The van der Waals surface area contributed by atoms with Crippen LogP contribution in [0.25, 0.3) is 0 Å². The maximum absolute atomic E-state index is 11.9. The molecular formula is C13H12ClNO3. The first-order valence-electron chi connectivity index (χ1n) is 5.40. The molecule has 1 unspecified atom stereocenters. The summed E-state index contributed by atoms with van der Waals surface area (Å²) < 4.78 is 4.85. The van der Waals surface area contributed by atoms with Crippen LogP contribution in [0.5, 0.6) is 0 Å². The average molecular weight is 266 g/mol. The van der Waals surface area contributed by atoms with Crippen LogP contribution in [0, 0.1) is 11.3 Å². The van der Waals surface area contributed by atoms with Gasteiger partial charge in [0.25, 0.3) is 0 Å². The lowest BCUT2D eigenvalue weighted by atomic mass is 9.99. The van der Waals surface area contributed by atoms with Gasteiger partial charge in [-0.25, -0.2) is 4.79 Å². The summed E-state index contributed by atoms with van der Waals surface area (Å²) in [6.45, 7) is 3.38. The number of rotatable bonds is 4. The zero-order valence-corrected chi connectivity index (χ0v) is 10.8. The van der Waals surface area contributed by atoms with Gasteiger partial charge in [-0.05, 0) is 32.0 Å². The minimum absolute atomic E-state index is 0.0772. The van der Waals surface area contributed by atoms with Crippen molar-refractivity contribution < 1.29 is 14.3 Å². The fourth-order valence-corrected chi connectivity index (χ4v) is 1.54. The Morgan fingerprint density at radius 3 is 2.61 bits per heavy atom. The third-order valence-electron chi connectivity index (χ3n) is 2.27. The molecule has 0 amide bonds. The Bertz CT molecular complexity index is 517. The van der Waals surface area contributed by atoms with Gasteiger partial charge in [-0.3, -0.25) is 4.79 Å². The zero-order chi connectivity index (χ0) is 13.7. The molecule has 94 valence electrons. The van der Waals surface area contributed by atoms with Gasteiger partial charge in [0.05, 0.1) is 29.2 Å². The predicted molar refractivity (Wildman–Crippen MR) is 66.8 cm³/mol. The van der Waals surface area contributed by atoms with E-state index >= 15 is 0 Å². The molecule has 0 saturated carbocycles. The molecule has 0 aliphatic rings. The van der Waals surface area contributed by atoms with Gasteiger partial charge in [-0.15, -0.1) is 11.6 Å². The van der Waals surface area contributed by atoms with Crippen molar-refractivity contribution in [2.45, 2.75) is 19.2 Å². The van der Waals surface area contributed by atoms with Gasteiger partial charge in [0.2, 0.25) is 0 Å². The second-order valence-corrected chi connectivity index (χ2v) is 4.23. The van der Waals surface area contributed by atoms with Crippen LogP contribution < -0.4 is 0 Å². The van der Waals surface area contributed by atoms with E-state index in [-0.39, 0.29) is 29.1 Å². The summed E-state index contributed by atoms with van der Waals surface area (Å²) in [7, 11) is 0. The van der Waals surface area contributed by atoms with E-state index < -0.39 is 11.3 Å². The maximum atomic E-state index is 11.9. The number of ether oxygens (including phenoxy) is 1. The first-order valence-corrected chi connectivity index (χ1v) is 5.84. The monoisotopic (exact) mass is 265 g/mol. The number of hydrogen-bond donors (Lipinski definition) is 0. The molecule has 0 N–H and O–H groups in total. The molecule has 1 rings (SSSR count). The maximum Gasteiger partial charge on any atom is 0.338 e. The summed E-state index contributed by atoms with van der Waals surface area (Å²) >= 11 is 5.72. The molecule has 18 heavy (non-hydrogen) atoms. The van der Waals surface area contributed by atoms with Crippen LogP contribution in [0.4, 0.5) is 0 Å². The Kier molecular flexibility index (Phi) is 4.87. The molecular weight excluding hydrogens is 254 g/mol. The predicted octanol–water partition coefficient (Wildman–Crippen LogP) is 2.54. The van der Waals surface area contributed by atoms with Crippen LogP contribution in [0.15, 0.2) is 18.2 Å². The third kappa shape index (κ3) is 3.08. The van der Waals surface area contributed by atoms with Gasteiger partial charge in [-0.2, -0.15) is 5.26 Å². The molecule has 1 aromatic rings. The fourth-order valence-electron chi connectivity index (χ4n) is 1.42. The number of hydrogen-bond acceptors (Lipinski definition) is 4. The molecule has 0 aliphatic carbocycles. The van der Waals surface area contributed by atoms with Gasteiger partial charge < -0.3 is 4.74 Å². The summed E-state index contributed by atoms with van der Waals surface area (Å²) in [5, 5.41) is 8.05. The van der Waals surface area contributed by atoms with Gasteiger partial charge in [-0.1, -0.05) is 0 Å². The molecule has 0 bridgehead atoms. The molecule has 1 aromatic carbocycles. The van der Waals surface area contributed by atoms with Crippen LogP contribution in [-0.4, -0.2) is 23.7 Å². The highest BCUT2D eigenvalue weighted by Gasteiger charge is 2.21. The van der Waals surface area contributed by atoms with E-state index in [9.17, 15) is 9.59 Å². The summed E-state index contributed by atoms with van der Waals surface area (Å²) in [5.41, 5.74) is 0.542. The number of esters is 1. The summed E-state index contributed by atoms with van der Waals surface area (Å²) in [4.78, 5) is 23.6. The van der Waals surface area contributed by atoms with Crippen molar-refractivity contribution in [1.82, 2.24) is 0 Å². The lowest BCUT2D eigenvalue weighted by Gasteiger charge is -2.09. The van der Waals surface area contributed by atoms with E-state index in [0.29, 0.717) is 0 Å². The smallest absolute Gasteiger partial charge is 0.338 e. The number of ketones is 1. The zero-order valence-electron chi connectivity index (χ0n) is 10.1. The quantitative estimate of drug-likeness (QED) is 0.477. The van der Waals surface area contributed by atoms with Crippen molar-refractivity contribution in [3.05, 3.63) is 34.9 Å². The SMILES string of the molecule is CCOC(=O)c1cc(C#N)ccc1C(=O)C(C)Cl. The first kappa shape index (κ1) is 14.2. The topological polar surface area (TPSA) is 67.2 Å². The molecule has 0 fully saturated rings. The third-order valence-corrected chi connectivity index (χ3v) is 2.47. The normalized spacial score (nSPS) is 11.4. The first-order chi connectivity index (χ1) is 8.51. The second kappa shape index (κ2) is 6.18. The Morgan fingerprint density at radius 1 is 1.44 bits per heavy atom. The van der Waals surface area contributed by atoms with Gasteiger partial charge in [0, 0.05) is 5.56 Å². The van der Waals surface area contributed by atoms with E-state index in [1.807, 2.05) is 6.07 Å². The Morgan fingerprint density at radius 2 is 2.11 bits per heavy atom. The molecule has 4 nitrogen and oxygen atoms in total. The average Bonchev–Trinajstić information content (AvgIpc) is 2.37. The number of nitriles is 1. The number of benzene rings is 1. The number of Topliss-reactive ketones (excluding diaryl/α,β-unsaturated/α-hetero) is 1. The summed E-state index contributed by atoms with van der Waals surface area (Å²) in [6, 6.07) is 6.14. The van der Waals surface area contributed by atoms with Gasteiger partial charge in [0.15, 0.2) is 5.78 Å². The Balaban J connectivity index is 3.30. The van der Waals surface area contributed by atoms with Crippen LogP contribution in [0.2, 0.25) is 0 Å². The highest BCUT2D eigenvalue weighted by Crippen LogP contribution is 2.17. The van der Waals surface area contributed by atoms with Crippen molar-refractivity contribution >= 4 is 23.4 Å². The number of carbonyl (C=O) groups is 2. The molecule has 0 spiro atoms. The van der Waals surface area contributed by atoms with E-state index in [2.05, 4.69) is 0 Å². The van der Waals surface area contributed by atoms with Crippen LogP contribution in [-0.2, 0) is 4.74 Å². The lowest BCUT2D eigenvalue weighted by molar-refractivity contribution is 0.0523.